The summed E-state index contributed by atoms with van der Waals surface area (Å²) in [5.74, 6) is -0.251. The zero-order valence-corrected chi connectivity index (χ0v) is 14.5. The molecule has 2 heterocycles. The van der Waals surface area contributed by atoms with E-state index in [9.17, 15) is 9.90 Å². The Kier molecular flexibility index (Phi) is 5.30. The molecule has 0 fully saturated rings. The lowest BCUT2D eigenvalue weighted by Crippen LogP contribution is -2.04. The van der Waals surface area contributed by atoms with Gasteiger partial charge in [0.2, 0.25) is 5.88 Å². The number of benzene rings is 1. The minimum Gasteiger partial charge on any atom is -0.478 e. The van der Waals surface area contributed by atoms with Gasteiger partial charge in [-0.3, -0.25) is 0 Å². The maximum atomic E-state index is 11.3. The summed E-state index contributed by atoms with van der Waals surface area (Å²) in [5, 5.41) is 9.87. The molecule has 0 amide bonds. The number of halogens is 1. The quantitative estimate of drug-likeness (QED) is 0.594. The number of carbonyl (C=O) groups is 1. The van der Waals surface area contributed by atoms with E-state index < -0.39 is 5.97 Å². The van der Waals surface area contributed by atoms with E-state index in [4.69, 9.17) is 13.9 Å². The van der Waals surface area contributed by atoms with Crippen molar-refractivity contribution in [3.05, 3.63) is 54.3 Å². The Morgan fingerprint density at radius 3 is 2.76 bits per heavy atom. The lowest BCUT2D eigenvalue weighted by Gasteiger charge is -2.10. The topological polar surface area (TPSA) is 94.7 Å². The molecule has 0 saturated carbocycles. The molecule has 7 nitrogen and oxygen atoms in total. The van der Waals surface area contributed by atoms with E-state index in [0.717, 1.165) is 0 Å². The second kappa shape index (κ2) is 7.80. The zero-order valence-electron chi connectivity index (χ0n) is 12.9. The Morgan fingerprint density at radius 1 is 1.20 bits per heavy atom. The number of carboxylic acids is 1. The van der Waals surface area contributed by atoms with Crippen molar-refractivity contribution in [1.29, 1.82) is 0 Å². The lowest BCUT2D eigenvalue weighted by molar-refractivity contribution is 0.0694. The molecule has 25 heavy (non-hydrogen) atoms. The highest BCUT2D eigenvalue weighted by molar-refractivity contribution is 9.09. The molecule has 0 aliphatic rings. The third-order valence-corrected chi connectivity index (χ3v) is 3.42. The summed E-state index contributed by atoms with van der Waals surface area (Å²) in [7, 11) is 0. The van der Waals surface area contributed by atoms with Crippen LogP contribution in [0.25, 0.3) is 11.5 Å². The van der Waals surface area contributed by atoms with Crippen LogP contribution < -0.4 is 9.47 Å². The molecule has 0 saturated heterocycles. The van der Waals surface area contributed by atoms with E-state index in [0.29, 0.717) is 23.4 Å². The van der Waals surface area contributed by atoms with Gasteiger partial charge < -0.3 is 19.0 Å². The van der Waals surface area contributed by atoms with Crippen molar-refractivity contribution < 1.29 is 23.8 Å². The van der Waals surface area contributed by atoms with Crippen molar-refractivity contribution in [2.75, 3.05) is 11.9 Å². The van der Waals surface area contributed by atoms with Crippen molar-refractivity contribution in [3.8, 4) is 29.1 Å². The Balaban J connectivity index is 1.98. The van der Waals surface area contributed by atoms with Crippen LogP contribution in [-0.2, 0) is 0 Å². The van der Waals surface area contributed by atoms with Crippen molar-refractivity contribution in [2.45, 2.75) is 0 Å². The number of nitrogens with zero attached hydrogens (tertiary/aromatic N) is 2. The molecule has 0 spiro atoms. The minimum absolute atomic E-state index is 0.0311. The predicted molar refractivity (Wildman–Crippen MR) is 92.5 cm³/mol. The molecule has 3 rings (SSSR count). The van der Waals surface area contributed by atoms with Gasteiger partial charge in [0, 0.05) is 11.4 Å². The molecule has 8 heteroatoms. The van der Waals surface area contributed by atoms with Crippen LogP contribution in [0.1, 0.15) is 10.4 Å². The number of ether oxygens (including phenoxy) is 2. The van der Waals surface area contributed by atoms with Crippen LogP contribution in [0, 0.1) is 0 Å². The second-order valence-corrected chi connectivity index (χ2v) is 5.59. The van der Waals surface area contributed by atoms with Crippen molar-refractivity contribution >= 4 is 21.9 Å². The van der Waals surface area contributed by atoms with E-state index in [-0.39, 0.29) is 23.2 Å². The summed E-state index contributed by atoms with van der Waals surface area (Å²) < 4.78 is 16.4. The van der Waals surface area contributed by atoms with Gasteiger partial charge in [0.15, 0.2) is 5.76 Å². The van der Waals surface area contributed by atoms with E-state index in [2.05, 4.69) is 25.9 Å². The molecule has 0 radical (unpaired) electrons. The SMILES string of the molecule is O=C(O)c1ccccc1Oc1cc(-c2ccco2)nc(OCCBr)n1. The molecule has 1 aromatic carbocycles. The number of rotatable bonds is 7. The fourth-order valence-electron chi connectivity index (χ4n) is 2.05. The average Bonchev–Trinajstić information content (AvgIpc) is 3.15. The summed E-state index contributed by atoms with van der Waals surface area (Å²) in [6.45, 7) is 0.368. The molecule has 0 aliphatic carbocycles. The minimum atomic E-state index is -1.09. The second-order valence-electron chi connectivity index (χ2n) is 4.79. The van der Waals surface area contributed by atoms with Gasteiger partial charge >= 0.3 is 12.0 Å². The van der Waals surface area contributed by atoms with Crippen molar-refractivity contribution in [2.24, 2.45) is 0 Å². The number of alkyl halides is 1. The van der Waals surface area contributed by atoms with Gasteiger partial charge in [-0.25, -0.2) is 4.79 Å². The first-order valence-corrected chi connectivity index (χ1v) is 8.41. The summed E-state index contributed by atoms with van der Waals surface area (Å²) in [6, 6.07) is 11.4. The summed E-state index contributed by atoms with van der Waals surface area (Å²) in [6.07, 6.45) is 1.52. The Labute approximate surface area is 151 Å². The Morgan fingerprint density at radius 2 is 2.04 bits per heavy atom. The maximum absolute atomic E-state index is 11.3. The van der Waals surface area contributed by atoms with Crippen LogP contribution in [0.4, 0.5) is 0 Å². The van der Waals surface area contributed by atoms with Crippen LogP contribution in [0.2, 0.25) is 0 Å². The maximum Gasteiger partial charge on any atom is 0.339 e. The van der Waals surface area contributed by atoms with Crippen molar-refractivity contribution in [1.82, 2.24) is 9.97 Å². The molecular weight excluding hydrogens is 392 g/mol. The fourth-order valence-corrected chi connectivity index (χ4v) is 2.21. The third kappa shape index (κ3) is 4.16. The number of aromatic carboxylic acids is 1. The largest absolute Gasteiger partial charge is 0.478 e. The molecular formula is C17H13BrN2O5. The molecule has 128 valence electrons. The highest BCUT2D eigenvalue weighted by Crippen LogP contribution is 2.29. The Hall–Kier alpha value is -2.87. The first kappa shape index (κ1) is 17.0. The first-order valence-electron chi connectivity index (χ1n) is 7.29. The summed E-state index contributed by atoms with van der Waals surface area (Å²) in [4.78, 5) is 19.8. The van der Waals surface area contributed by atoms with E-state index in [1.54, 1.807) is 36.4 Å². The van der Waals surface area contributed by atoms with Crippen molar-refractivity contribution in [3.63, 3.8) is 0 Å². The molecule has 1 N–H and O–H groups in total. The molecule has 0 unspecified atom stereocenters. The van der Waals surface area contributed by atoms with Crippen LogP contribution in [0.3, 0.4) is 0 Å². The van der Waals surface area contributed by atoms with Gasteiger partial charge in [-0.1, -0.05) is 28.1 Å². The van der Waals surface area contributed by atoms with E-state index in [1.165, 1.54) is 12.3 Å². The van der Waals surface area contributed by atoms with Gasteiger partial charge in [-0.15, -0.1) is 0 Å². The number of aromatic nitrogens is 2. The first-order chi connectivity index (χ1) is 12.2. The van der Waals surface area contributed by atoms with Crippen LogP contribution in [0.15, 0.2) is 53.1 Å². The van der Waals surface area contributed by atoms with Gasteiger partial charge in [0.05, 0.1) is 6.26 Å². The van der Waals surface area contributed by atoms with Gasteiger partial charge in [0.25, 0.3) is 0 Å². The monoisotopic (exact) mass is 404 g/mol. The Bertz CT molecular complexity index is 867. The smallest absolute Gasteiger partial charge is 0.339 e. The summed E-state index contributed by atoms with van der Waals surface area (Å²) in [5.41, 5.74) is 0.496. The van der Waals surface area contributed by atoms with Crippen LogP contribution in [0.5, 0.6) is 17.6 Å². The molecule has 3 aromatic rings. The number of hydrogen-bond acceptors (Lipinski definition) is 6. The predicted octanol–water partition coefficient (Wildman–Crippen LogP) is 4.00. The highest BCUT2D eigenvalue weighted by atomic mass is 79.9. The molecule has 0 bridgehead atoms. The standard InChI is InChI=1S/C17H13BrN2O5/c18-7-9-24-17-19-12(14-6-3-8-23-14)10-15(20-17)25-13-5-2-1-4-11(13)16(21)22/h1-6,8,10H,7,9H2,(H,21,22). The van der Waals surface area contributed by atoms with Crippen LogP contribution >= 0.6 is 15.9 Å². The van der Waals surface area contributed by atoms with Gasteiger partial charge in [-0.2, -0.15) is 9.97 Å². The molecule has 2 aromatic heterocycles. The number of hydrogen-bond donors (Lipinski definition) is 1. The molecule has 0 atom stereocenters. The van der Waals surface area contributed by atoms with E-state index >= 15 is 0 Å². The fraction of sp³-hybridized carbons (Fsp3) is 0.118. The lowest BCUT2D eigenvalue weighted by atomic mass is 10.2. The van der Waals surface area contributed by atoms with E-state index in [1.807, 2.05) is 0 Å². The molecule has 0 aliphatic heterocycles. The highest BCUT2D eigenvalue weighted by Gasteiger charge is 2.15. The summed E-state index contributed by atoms with van der Waals surface area (Å²) >= 11 is 3.27. The van der Waals surface area contributed by atoms with Gasteiger partial charge in [-0.05, 0) is 24.3 Å². The van der Waals surface area contributed by atoms with Crippen LogP contribution in [-0.4, -0.2) is 33.0 Å². The average molecular weight is 405 g/mol. The number of para-hydroxylation sites is 1. The third-order valence-electron chi connectivity index (χ3n) is 3.10. The number of furan rings is 1. The van der Waals surface area contributed by atoms with Gasteiger partial charge in [0.1, 0.15) is 23.6 Å². The number of carboxylic acid groups (broad SMARTS) is 1. The normalized spacial score (nSPS) is 10.4. The zero-order chi connectivity index (χ0) is 17.6.